The molecule has 1 aromatic heterocycles. The summed E-state index contributed by atoms with van der Waals surface area (Å²) in [5.74, 6) is -1.77. The van der Waals surface area contributed by atoms with E-state index in [0.29, 0.717) is 29.1 Å². The van der Waals surface area contributed by atoms with E-state index in [1.165, 1.54) is 6.07 Å². The lowest BCUT2D eigenvalue weighted by Crippen LogP contribution is -2.39. The van der Waals surface area contributed by atoms with Crippen LogP contribution < -0.4 is 4.74 Å². The Hall–Kier alpha value is -3.81. The summed E-state index contributed by atoms with van der Waals surface area (Å²) in [6, 6.07) is 6.91. The molecule has 1 amide bonds. The van der Waals surface area contributed by atoms with Crippen molar-refractivity contribution in [3.8, 4) is 11.5 Å². The van der Waals surface area contributed by atoms with Crippen LogP contribution in [0.1, 0.15) is 12.5 Å². The summed E-state index contributed by atoms with van der Waals surface area (Å²) in [5, 5.41) is 0. The standard InChI is InChI=1S/C23H18F2N4O2/c1-3-29-11-16(14-8-9-26-20(14)23(29)30)15-5-6-18-21(27-12-28(18)2)22(15)31-19-7-4-13(24)10-17(19)25/h4-12,14H,3H2,1-2H3. The molecular formula is C23H18F2N4O2. The predicted molar refractivity (Wildman–Crippen MR) is 113 cm³/mol. The van der Waals surface area contributed by atoms with Crippen LogP contribution in [-0.2, 0) is 11.8 Å². The first kappa shape index (κ1) is 19.2. The molecule has 0 bridgehead atoms. The first-order chi connectivity index (χ1) is 15.0. The Morgan fingerprint density at radius 2 is 2.03 bits per heavy atom. The van der Waals surface area contributed by atoms with Crippen molar-refractivity contribution in [1.29, 1.82) is 0 Å². The van der Waals surface area contributed by atoms with Gasteiger partial charge in [-0.1, -0.05) is 6.08 Å². The van der Waals surface area contributed by atoms with Gasteiger partial charge in [-0.2, -0.15) is 0 Å². The zero-order chi connectivity index (χ0) is 21.7. The number of aryl methyl sites for hydroxylation is 1. The molecule has 0 radical (unpaired) electrons. The Morgan fingerprint density at radius 3 is 2.81 bits per heavy atom. The number of ether oxygens (including phenoxy) is 1. The van der Waals surface area contributed by atoms with Crippen LogP contribution in [0, 0.1) is 17.6 Å². The number of aliphatic imine (C=N–C) groups is 1. The summed E-state index contributed by atoms with van der Waals surface area (Å²) < 4.78 is 35.6. The monoisotopic (exact) mass is 420 g/mol. The van der Waals surface area contributed by atoms with Crippen molar-refractivity contribution in [3.05, 3.63) is 72.3 Å². The Morgan fingerprint density at radius 1 is 1.19 bits per heavy atom. The number of allylic oxidation sites excluding steroid dienone is 2. The molecule has 8 heteroatoms. The highest BCUT2D eigenvalue weighted by molar-refractivity contribution is 6.44. The lowest BCUT2D eigenvalue weighted by Gasteiger charge is -2.29. The molecule has 0 N–H and O–H groups in total. The van der Waals surface area contributed by atoms with E-state index in [1.807, 2.05) is 36.7 Å². The van der Waals surface area contributed by atoms with E-state index in [4.69, 9.17) is 4.74 Å². The molecule has 1 atom stereocenters. The molecule has 2 aromatic carbocycles. The Bertz CT molecular complexity index is 1320. The lowest BCUT2D eigenvalue weighted by atomic mass is 9.86. The van der Waals surface area contributed by atoms with Crippen molar-refractivity contribution in [1.82, 2.24) is 14.5 Å². The number of benzene rings is 2. The van der Waals surface area contributed by atoms with Gasteiger partial charge in [-0.15, -0.1) is 0 Å². The summed E-state index contributed by atoms with van der Waals surface area (Å²) >= 11 is 0. The highest BCUT2D eigenvalue weighted by Gasteiger charge is 2.36. The number of imidazole rings is 1. The average molecular weight is 420 g/mol. The fourth-order valence-corrected chi connectivity index (χ4v) is 3.92. The molecular weight excluding hydrogens is 402 g/mol. The second-order valence-electron chi connectivity index (χ2n) is 7.35. The van der Waals surface area contributed by atoms with Crippen molar-refractivity contribution < 1.29 is 18.3 Å². The predicted octanol–water partition coefficient (Wildman–Crippen LogP) is 4.43. The largest absolute Gasteiger partial charge is 0.451 e. The molecule has 0 fully saturated rings. The number of amides is 1. The number of rotatable bonds is 4. The topological polar surface area (TPSA) is 59.7 Å². The van der Waals surface area contributed by atoms with Crippen LogP contribution in [0.15, 0.2) is 60.1 Å². The van der Waals surface area contributed by atoms with Crippen LogP contribution in [0.2, 0.25) is 0 Å². The maximum atomic E-state index is 14.4. The Labute approximate surface area is 176 Å². The van der Waals surface area contributed by atoms with Crippen LogP contribution >= 0.6 is 0 Å². The van der Waals surface area contributed by atoms with Crippen molar-refractivity contribution in [2.75, 3.05) is 6.54 Å². The zero-order valence-electron chi connectivity index (χ0n) is 16.8. The zero-order valence-corrected chi connectivity index (χ0v) is 16.8. The molecule has 2 aliphatic rings. The van der Waals surface area contributed by atoms with E-state index in [2.05, 4.69) is 9.98 Å². The van der Waals surface area contributed by atoms with Gasteiger partial charge in [0.2, 0.25) is 0 Å². The van der Waals surface area contributed by atoms with Crippen LogP contribution in [0.5, 0.6) is 11.5 Å². The molecule has 0 saturated carbocycles. The number of fused-ring (bicyclic) bond motifs is 2. The molecule has 0 saturated heterocycles. The molecule has 0 spiro atoms. The summed E-state index contributed by atoms with van der Waals surface area (Å²) in [5.41, 5.74) is 3.20. The maximum Gasteiger partial charge on any atom is 0.273 e. The molecule has 0 aliphatic carbocycles. The summed E-state index contributed by atoms with van der Waals surface area (Å²) in [7, 11) is 1.85. The van der Waals surface area contributed by atoms with E-state index in [-0.39, 0.29) is 17.6 Å². The highest BCUT2D eigenvalue weighted by Crippen LogP contribution is 2.42. The third-order valence-electron chi connectivity index (χ3n) is 5.50. The van der Waals surface area contributed by atoms with Gasteiger partial charge in [0.25, 0.3) is 5.91 Å². The van der Waals surface area contributed by atoms with Gasteiger partial charge in [-0.3, -0.25) is 9.79 Å². The fraction of sp³-hybridized carbons (Fsp3) is 0.174. The number of hydrogen-bond acceptors (Lipinski definition) is 4. The molecule has 1 unspecified atom stereocenters. The SMILES string of the molecule is CCN1C=C(c2ccc3c(ncn3C)c2Oc2ccc(F)cc2F)C2C=CN=C2C1=O. The number of carbonyl (C=O) groups is 1. The van der Waals surface area contributed by atoms with Crippen molar-refractivity contribution >= 4 is 28.2 Å². The minimum absolute atomic E-state index is 0.114. The first-order valence-corrected chi connectivity index (χ1v) is 9.82. The van der Waals surface area contributed by atoms with E-state index in [9.17, 15) is 13.6 Å². The van der Waals surface area contributed by atoms with E-state index in [1.54, 1.807) is 23.6 Å². The van der Waals surface area contributed by atoms with Gasteiger partial charge in [-0.05, 0) is 36.8 Å². The number of carbonyl (C=O) groups excluding carboxylic acids is 1. The molecule has 6 nitrogen and oxygen atoms in total. The van der Waals surface area contributed by atoms with Gasteiger partial charge >= 0.3 is 0 Å². The fourth-order valence-electron chi connectivity index (χ4n) is 3.92. The van der Waals surface area contributed by atoms with Crippen LogP contribution in [0.25, 0.3) is 16.6 Å². The Balaban J connectivity index is 1.72. The molecule has 2 aliphatic heterocycles. The van der Waals surface area contributed by atoms with Crippen molar-refractivity contribution in [3.63, 3.8) is 0 Å². The van der Waals surface area contributed by atoms with Gasteiger partial charge in [0, 0.05) is 37.6 Å². The average Bonchev–Trinajstić information content (AvgIpc) is 3.39. The quantitative estimate of drug-likeness (QED) is 0.627. The maximum absolute atomic E-state index is 14.4. The van der Waals surface area contributed by atoms with E-state index in [0.717, 1.165) is 23.2 Å². The molecule has 31 heavy (non-hydrogen) atoms. The van der Waals surface area contributed by atoms with E-state index < -0.39 is 11.6 Å². The third-order valence-corrected chi connectivity index (χ3v) is 5.50. The second-order valence-corrected chi connectivity index (χ2v) is 7.35. The van der Waals surface area contributed by atoms with Gasteiger partial charge < -0.3 is 14.2 Å². The minimum Gasteiger partial charge on any atom is -0.451 e. The smallest absolute Gasteiger partial charge is 0.273 e. The normalized spacial score (nSPS) is 17.7. The number of nitrogens with zero attached hydrogens (tertiary/aromatic N) is 4. The number of halogens is 2. The van der Waals surface area contributed by atoms with Gasteiger partial charge in [-0.25, -0.2) is 13.8 Å². The number of aromatic nitrogens is 2. The van der Waals surface area contributed by atoms with Crippen LogP contribution in [0.4, 0.5) is 8.78 Å². The first-order valence-electron chi connectivity index (χ1n) is 9.82. The second kappa shape index (κ2) is 7.16. The van der Waals surface area contributed by atoms with E-state index >= 15 is 0 Å². The lowest BCUT2D eigenvalue weighted by molar-refractivity contribution is -0.121. The summed E-state index contributed by atoms with van der Waals surface area (Å²) in [4.78, 5) is 22.9. The van der Waals surface area contributed by atoms with Crippen molar-refractivity contribution in [2.45, 2.75) is 6.92 Å². The molecule has 156 valence electrons. The number of hydrogen-bond donors (Lipinski definition) is 0. The summed E-state index contributed by atoms with van der Waals surface area (Å²) in [6.45, 7) is 2.35. The molecule has 3 aromatic rings. The minimum atomic E-state index is -0.815. The molecule has 5 rings (SSSR count). The third kappa shape index (κ3) is 3.02. The van der Waals surface area contributed by atoms with Gasteiger partial charge in [0.1, 0.15) is 17.0 Å². The molecule has 3 heterocycles. The highest BCUT2D eigenvalue weighted by atomic mass is 19.1. The van der Waals surface area contributed by atoms with Crippen molar-refractivity contribution in [2.24, 2.45) is 18.0 Å². The van der Waals surface area contributed by atoms with Crippen LogP contribution in [-0.4, -0.2) is 32.6 Å². The summed E-state index contributed by atoms with van der Waals surface area (Å²) in [6.07, 6.45) is 6.88. The van der Waals surface area contributed by atoms with Gasteiger partial charge in [0.05, 0.1) is 17.8 Å². The Kier molecular flexibility index (Phi) is 4.43. The van der Waals surface area contributed by atoms with Gasteiger partial charge in [0.15, 0.2) is 17.3 Å². The van der Waals surface area contributed by atoms with Crippen LogP contribution in [0.3, 0.4) is 0 Å².